The minimum absolute atomic E-state index is 0.0218. The fraction of sp³-hybridized carbons (Fsp3) is 0.250. The number of hydrogen-bond acceptors (Lipinski definition) is 13. The second-order valence-corrected chi connectivity index (χ2v) is 13.3. The van der Waals surface area contributed by atoms with Gasteiger partial charge in [-0.1, -0.05) is 5.16 Å². The van der Waals surface area contributed by atoms with E-state index in [0.717, 1.165) is 21.8 Å². The standard InChI is InChI=1S/C32H30N8O8S2/c1-48-21-4-2-20(3-5-21)34-23(41)14-38-9-6-17(7-10-38)13-39-11-8-18(28(39)43)12-19-15-49-30-25(29(44)40(30)26(19)31(45)46)36-27(42)24(37-47)22-16-50-32(33)35-22/h2-7,9-10,12,16,25,30H,8,11,13-15H2,1H3,(H5-,33,34,35,36,41,42,45,46,47)/b18-12+/t25-,30-/m1/s1. The van der Waals surface area contributed by atoms with Gasteiger partial charge in [0.1, 0.15) is 22.9 Å². The number of β-lactam (4-membered cyclic amide) rings is 1. The summed E-state index contributed by atoms with van der Waals surface area (Å²) < 4.78 is 6.84. The number of fused-ring (bicyclic) bond motifs is 1. The number of allylic oxidation sites excluding steroid dienone is 1. The number of carboxylic acid groups (broad SMARTS) is 1. The van der Waals surface area contributed by atoms with Crippen LogP contribution in [-0.2, 0) is 37.1 Å². The van der Waals surface area contributed by atoms with Crippen LogP contribution in [0.15, 0.2) is 82.2 Å². The first kappa shape index (κ1) is 34.1. The van der Waals surface area contributed by atoms with Crippen LogP contribution >= 0.6 is 23.1 Å². The van der Waals surface area contributed by atoms with Gasteiger partial charge in [-0.05, 0) is 47.9 Å². The summed E-state index contributed by atoms with van der Waals surface area (Å²) in [4.78, 5) is 70.5. The van der Waals surface area contributed by atoms with Crippen molar-refractivity contribution in [3.05, 3.63) is 88.3 Å². The van der Waals surface area contributed by atoms with E-state index in [4.69, 9.17) is 10.5 Å². The second-order valence-electron chi connectivity index (χ2n) is 11.3. The Hall–Kier alpha value is -5.75. The number of thiazole rings is 1. The number of ether oxygens (including phenoxy) is 1. The zero-order chi connectivity index (χ0) is 35.5. The summed E-state index contributed by atoms with van der Waals surface area (Å²) in [5.41, 5.74) is 6.92. The number of nitrogens with two attached hydrogens (primary N) is 1. The van der Waals surface area contributed by atoms with E-state index in [9.17, 15) is 34.3 Å². The fourth-order valence-electron chi connectivity index (χ4n) is 5.68. The molecule has 0 spiro atoms. The van der Waals surface area contributed by atoms with Crippen LogP contribution in [0.5, 0.6) is 5.75 Å². The second kappa shape index (κ2) is 14.4. The summed E-state index contributed by atoms with van der Waals surface area (Å²) >= 11 is 2.24. The van der Waals surface area contributed by atoms with Crippen LogP contribution in [0, 0.1) is 0 Å². The molecule has 0 aliphatic carbocycles. The van der Waals surface area contributed by atoms with Gasteiger partial charge in [-0.25, -0.2) is 4.98 Å². The molecule has 0 unspecified atom stereocenters. The highest BCUT2D eigenvalue weighted by Crippen LogP contribution is 2.41. The predicted octanol–water partition coefficient (Wildman–Crippen LogP) is -0.399. The van der Waals surface area contributed by atoms with E-state index in [2.05, 4.69) is 20.8 Å². The van der Waals surface area contributed by atoms with Gasteiger partial charge >= 0.3 is 0 Å². The number of nitrogens with zero attached hydrogens (tertiary/aromatic N) is 5. The number of carbonyl (C=O) groups is 5. The summed E-state index contributed by atoms with van der Waals surface area (Å²) in [5, 5.41) is 30.7. The lowest BCUT2D eigenvalue weighted by Crippen LogP contribution is -2.71. The van der Waals surface area contributed by atoms with Gasteiger partial charge < -0.3 is 41.1 Å². The van der Waals surface area contributed by atoms with E-state index in [1.807, 2.05) is 12.1 Å². The molecule has 2 saturated heterocycles. The molecule has 3 aliphatic rings. The number of pyridine rings is 1. The maximum Gasteiger partial charge on any atom is 0.290 e. The average molecular weight is 719 g/mol. The molecule has 6 rings (SSSR count). The van der Waals surface area contributed by atoms with Gasteiger partial charge in [-0.15, -0.1) is 23.1 Å². The molecule has 2 atom stereocenters. The molecule has 3 aliphatic heterocycles. The molecule has 1 aromatic carbocycles. The molecule has 0 saturated carbocycles. The van der Waals surface area contributed by atoms with Crippen molar-refractivity contribution < 1.29 is 43.6 Å². The molecule has 5 heterocycles. The van der Waals surface area contributed by atoms with Gasteiger partial charge in [0.05, 0.1) is 18.8 Å². The third-order valence-corrected chi connectivity index (χ3v) is 10.1. The van der Waals surface area contributed by atoms with Gasteiger partial charge in [-0.3, -0.25) is 24.1 Å². The number of thioether (sulfide) groups is 1. The van der Waals surface area contributed by atoms with Gasteiger partial charge in [0.2, 0.25) is 12.5 Å². The van der Waals surface area contributed by atoms with Crippen LogP contribution < -0.4 is 30.8 Å². The van der Waals surface area contributed by atoms with Crippen molar-refractivity contribution >= 4 is 69.2 Å². The van der Waals surface area contributed by atoms with E-state index in [-0.39, 0.29) is 46.2 Å². The maximum absolute atomic E-state index is 13.3. The van der Waals surface area contributed by atoms with Crippen LogP contribution in [-0.4, -0.2) is 86.1 Å². The number of methoxy groups -OCH3 is 1. The molecule has 16 nitrogen and oxygen atoms in total. The smallest absolute Gasteiger partial charge is 0.290 e. The molecule has 2 aromatic heterocycles. The predicted molar refractivity (Wildman–Crippen MR) is 178 cm³/mol. The quantitative estimate of drug-likeness (QED) is 0.0499. The number of aromatic nitrogens is 2. The Kier molecular flexibility index (Phi) is 9.82. The van der Waals surface area contributed by atoms with Gasteiger partial charge in [0.15, 0.2) is 23.2 Å². The number of hydrogen-bond donors (Lipinski definition) is 4. The minimum atomic E-state index is -1.59. The monoisotopic (exact) mass is 718 g/mol. The molecule has 18 heteroatoms. The Bertz CT molecular complexity index is 1960. The third-order valence-electron chi connectivity index (χ3n) is 8.15. The van der Waals surface area contributed by atoms with Crippen LogP contribution in [0.3, 0.4) is 0 Å². The van der Waals surface area contributed by atoms with Crippen molar-refractivity contribution in [3.8, 4) is 5.75 Å². The van der Waals surface area contributed by atoms with E-state index in [1.54, 1.807) is 53.2 Å². The lowest BCUT2D eigenvalue weighted by atomic mass is 10.0. The van der Waals surface area contributed by atoms with Crippen LogP contribution in [0.25, 0.3) is 0 Å². The number of rotatable bonds is 11. The highest BCUT2D eigenvalue weighted by atomic mass is 32.2. The van der Waals surface area contributed by atoms with Gasteiger partial charge in [0, 0.05) is 47.6 Å². The molecule has 5 N–H and O–H groups in total. The van der Waals surface area contributed by atoms with Gasteiger partial charge in [-0.2, -0.15) is 4.57 Å². The van der Waals surface area contributed by atoms with Crippen molar-refractivity contribution in [3.63, 3.8) is 0 Å². The number of nitrogen functional groups attached to an aromatic ring is 1. The lowest BCUT2D eigenvalue weighted by molar-refractivity contribution is -0.684. The highest BCUT2D eigenvalue weighted by Gasteiger charge is 2.53. The minimum Gasteiger partial charge on any atom is -0.543 e. The zero-order valence-electron chi connectivity index (χ0n) is 26.4. The molecule has 258 valence electrons. The number of carbonyl (C=O) groups excluding carboxylic acids is 5. The highest BCUT2D eigenvalue weighted by molar-refractivity contribution is 8.00. The number of anilines is 2. The van der Waals surface area contributed by atoms with E-state index in [1.165, 1.54) is 23.2 Å². The molecule has 2 fully saturated rings. The molecule has 0 bridgehead atoms. The summed E-state index contributed by atoms with van der Waals surface area (Å²) in [6, 6.07) is 9.53. The molecule has 0 radical (unpaired) electrons. The Labute approximate surface area is 292 Å². The first-order chi connectivity index (χ1) is 24.1. The van der Waals surface area contributed by atoms with Crippen molar-refractivity contribution in [2.24, 2.45) is 5.16 Å². The molecule has 50 heavy (non-hydrogen) atoms. The molecule has 4 amide bonds. The molecule has 3 aromatic rings. The van der Waals surface area contributed by atoms with Crippen LogP contribution in [0.2, 0.25) is 0 Å². The number of amides is 4. The van der Waals surface area contributed by atoms with Crippen LogP contribution in [0.1, 0.15) is 17.7 Å². The van der Waals surface area contributed by atoms with Crippen molar-refractivity contribution in [1.29, 1.82) is 0 Å². The average Bonchev–Trinajstić information content (AvgIpc) is 3.68. The topological polar surface area (TPSA) is 224 Å². The normalized spacial score (nSPS) is 19.7. The lowest BCUT2D eigenvalue weighted by Gasteiger charge is -2.50. The number of likely N-dealkylation sites (tertiary alicyclic amines) is 1. The Balaban J connectivity index is 1.07. The Morgan fingerprint density at radius 2 is 1.94 bits per heavy atom. The largest absolute Gasteiger partial charge is 0.543 e. The summed E-state index contributed by atoms with van der Waals surface area (Å²) in [5.74, 6) is -2.83. The Morgan fingerprint density at radius 1 is 1.20 bits per heavy atom. The molecular formula is C32H30N8O8S2. The first-order valence-corrected chi connectivity index (χ1v) is 17.0. The zero-order valence-corrected chi connectivity index (χ0v) is 28.0. The van der Waals surface area contributed by atoms with E-state index >= 15 is 0 Å². The summed E-state index contributed by atoms with van der Waals surface area (Å²) in [7, 11) is 1.57. The van der Waals surface area contributed by atoms with Crippen LogP contribution in [0.4, 0.5) is 10.8 Å². The Morgan fingerprint density at radius 3 is 2.58 bits per heavy atom. The van der Waals surface area contributed by atoms with Crippen molar-refractivity contribution in [2.45, 2.75) is 30.9 Å². The summed E-state index contributed by atoms with van der Waals surface area (Å²) in [6.07, 6.45) is 5.36. The fourth-order valence-corrected chi connectivity index (χ4v) is 7.54. The number of carboxylic acids is 1. The number of aliphatic carboxylic acids is 1. The van der Waals surface area contributed by atoms with Crippen molar-refractivity contribution in [2.75, 3.05) is 30.5 Å². The SMILES string of the molecule is COc1ccc(NC(=O)C[n+]2ccc(CN3CC/C(=C\C4=C(C(=O)[O-])N5C(=O)[C@@H](NC(=O)/C(=N\O)c6csc(N)n6)[C@H]5SC4)C3=O)cc2)cc1. The number of benzene rings is 1. The van der Waals surface area contributed by atoms with Gasteiger partial charge in [0.25, 0.3) is 17.7 Å². The number of nitrogens with one attached hydrogen (secondary N) is 2. The molecular weight excluding hydrogens is 689 g/mol. The van der Waals surface area contributed by atoms with Crippen molar-refractivity contribution in [1.82, 2.24) is 20.1 Å². The third kappa shape index (κ3) is 7.01. The summed E-state index contributed by atoms with van der Waals surface area (Å²) in [6.45, 7) is 0.796. The number of oxime groups is 1. The maximum atomic E-state index is 13.3. The van der Waals surface area contributed by atoms with E-state index in [0.29, 0.717) is 36.5 Å². The first-order valence-electron chi connectivity index (χ1n) is 15.1. The van der Waals surface area contributed by atoms with E-state index < -0.39 is 34.9 Å².